The van der Waals surface area contributed by atoms with Gasteiger partial charge in [-0.15, -0.1) is 24.8 Å². The van der Waals surface area contributed by atoms with Crippen LogP contribution >= 0.6 is 24.8 Å². The topological polar surface area (TPSA) is 56.9 Å². The molecule has 1 aliphatic rings. The second kappa shape index (κ2) is 8.64. The zero-order chi connectivity index (χ0) is 14.8. The van der Waals surface area contributed by atoms with Crippen LogP contribution in [0.1, 0.15) is 17.7 Å². The SMILES string of the molecule is Cc1ccc2[nH]c(CNC[C@@H]3C[C@H](F)CN3)cc(=O)c2c1.Cl.Cl. The van der Waals surface area contributed by atoms with Crippen molar-refractivity contribution in [1.29, 1.82) is 0 Å². The van der Waals surface area contributed by atoms with Crippen LogP contribution in [0.25, 0.3) is 10.9 Å². The highest BCUT2D eigenvalue weighted by Crippen LogP contribution is 2.11. The normalized spacial score (nSPS) is 20.1. The van der Waals surface area contributed by atoms with Crippen LogP contribution in [-0.2, 0) is 6.54 Å². The van der Waals surface area contributed by atoms with Crippen molar-refractivity contribution in [2.75, 3.05) is 13.1 Å². The highest BCUT2D eigenvalue weighted by atomic mass is 35.5. The molecule has 0 spiro atoms. The summed E-state index contributed by atoms with van der Waals surface area (Å²) in [5.74, 6) is 0. The van der Waals surface area contributed by atoms with Crippen LogP contribution in [0.5, 0.6) is 0 Å². The van der Waals surface area contributed by atoms with E-state index < -0.39 is 6.17 Å². The first-order valence-corrected chi connectivity index (χ1v) is 7.32. The largest absolute Gasteiger partial charge is 0.357 e. The summed E-state index contributed by atoms with van der Waals surface area (Å²) in [5.41, 5.74) is 2.82. The maximum Gasteiger partial charge on any atom is 0.189 e. The molecule has 1 aromatic carbocycles. The first-order chi connectivity index (χ1) is 10.1. The third-order valence-corrected chi connectivity index (χ3v) is 3.92. The number of halogens is 3. The lowest BCUT2D eigenvalue weighted by Crippen LogP contribution is -2.33. The third-order valence-electron chi connectivity index (χ3n) is 3.92. The lowest BCUT2D eigenvalue weighted by molar-refractivity contribution is 0.354. The highest BCUT2D eigenvalue weighted by Gasteiger charge is 2.22. The molecule has 23 heavy (non-hydrogen) atoms. The van der Waals surface area contributed by atoms with Gasteiger partial charge >= 0.3 is 0 Å². The van der Waals surface area contributed by atoms with Gasteiger partial charge in [-0.05, 0) is 25.5 Å². The first-order valence-electron chi connectivity index (χ1n) is 7.32. The Morgan fingerprint density at radius 3 is 2.78 bits per heavy atom. The molecule has 4 nitrogen and oxygen atoms in total. The summed E-state index contributed by atoms with van der Waals surface area (Å²) < 4.78 is 13.0. The minimum Gasteiger partial charge on any atom is -0.357 e. The quantitative estimate of drug-likeness (QED) is 0.783. The molecule has 1 fully saturated rings. The van der Waals surface area contributed by atoms with Gasteiger partial charge in [0.2, 0.25) is 0 Å². The maximum absolute atomic E-state index is 13.0. The minimum atomic E-state index is -0.736. The van der Waals surface area contributed by atoms with Crippen molar-refractivity contribution in [1.82, 2.24) is 15.6 Å². The van der Waals surface area contributed by atoms with Crippen molar-refractivity contribution in [2.45, 2.75) is 32.1 Å². The summed E-state index contributed by atoms with van der Waals surface area (Å²) in [6.07, 6.45) is -0.180. The Balaban J connectivity index is 0.00000132. The molecule has 0 amide bonds. The number of rotatable bonds is 4. The Labute approximate surface area is 147 Å². The van der Waals surface area contributed by atoms with E-state index in [0.717, 1.165) is 22.2 Å². The molecular formula is C16H22Cl2FN3O. The molecule has 3 rings (SSSR count). The number of hydrogen-bond donors (Lipinski definition) is 3. The summed E-state index contributed by atoms with van der Waals surface area (Å²) in [7, 11) is 0. The summed E-state index contributed by atoms with van der Waals surface area (Å²) in [6, 6.07) is 7.63. The first kappa shape index (κ1) is 19.9. The number of aromatic amines is 1. The third kappa shape index (κ3) is 4.91. The van der Waals surface area contributed by atoms with Gasteiger partial charge in [0.15, 0.2) is 5.43 Å². The van der Waals surface area contributed by atoms with Crippen molar-refractivity contribution in [3.8, 4) is 0 Å². The van der Waals surface area contributed by atoms with Crippen molar-refractivity contribution in [2.24, 2.45) is 0 Å². The van der Waals surface area contributed by atoms with Crippen LogP contribution < -0.4 is 16.1 Å². The highest BCUT2D eigenvalue weighted by molar-refractivity contribution is 5.85. The average molecular weight is 362 g/mol. The van der Waals surface area contributed by atoms with Gasteiger partial charge in [-0.3, -0.25) is 4.79 Å². The van der Waals surface area contributed by atoms with E-state index in [2.05, 4.69) is 15.6 Å². The van der Waals surface area contributed by atoms with E-state index in [-0.39, 0.29) is 36.3 Å². The van der Waals surface area contributed by atoms with Crippen molar-refractivity contribution in [3.63, 3.8) is 0 Å². The van der Waals surface area contributed by atoms with Crippen LogP contribution in [0.4, 0.5) is 4.39 Å². The van der Waals surface area contributed by atoms with E-state index in [1.54, 1.807) is 6.07 Å². The number of aryl methyl sites for hydroxylation is 1. The second-order valence-electron chi connectivity index (χ2n) is 5.78. The van der Waals surface area contributed by atoms with Gasteiger partial charge in [-0.1, -0.05) is 11.6 Å². The van der Waals surface area contributed by atoms with E-state index in [0.29, 0.717) is 26.1 Å². The molecule has 2 aromatic rings. The van der Waals surface area contributed by atoms with E-state index in [1.807, 2.05) is 25.1 Å². The van der Waals surface area contributed by atoms with Gasteiger partial charge in [0.1, 0.15) is 6.17 Å². The lowest BCUT2D eigenvalue weighted by Gasteiger charge is -2.11. The number of H-pyrrole nitrogens is 1. The molecule has 0 saturated carbocycles. The van der Waals surface area contributed by atoms with Crippen LogP contribution in [0, 0.1) is 6.92 Å². The molecule has 0 radical (unpaired) electrons. The molecular weight excluding hydrogens is 340 g/mol. The van der Waals surface area contributed by atoms with E-state index in [4.69, 9.17) is 0 Å². The lowest BCUT2D eigenvalue weighted by atomic mass is 10.1. The fraction of sp³-hybridized carbons (Fsp3) is 0.438. The molecule has 1 saturated heterocycles. The Morgan fingerprint density at radius 2 is 2.09 bits per heavy atom. The van der Waals surface area contributed by atoms with Gasteiger partial charge in [0.05, 0.1) is 0 Å². The van der Waals surface area contributed by atoms with E-state index in [9.17, 15) is 9.18 Å². The Morgan fingerprint density at radius 1 is 1.30 bits per heavy atom. The molecule has 128 valence electrons. The van der Waals surface area contributed by atoms with Crippen molar-refractivity contribution >= 4 is 35.7 Å². The molecule has 0 aliphatic carbocycles. The van der Waals surface area contributed by atoms with Gasteiger partial charge in [-0.25, -0.2) is 4.39 Å². The summed E-state index contributed by atoms with van der Waals surface area (Å²) >= 11 is 0. The summed E-state index contributed by atoms with van der Waals surface area (Å²) in [4.78, 5) is 15.4. The number of aromatic nitrogens is 1. The smallest absolute Gasteiger partial charge is 0.189 e. The zero-order valence-corrected chi connectivity index (χ0v) is 14.5. The molecule has 2 heterocycles. The predicted molar refractivity (Wildman–Crippen MR) is 96.8 cm³/mol. The molecule has 1 aliphatic heterocycles. The number of alkyl halides is 1. The number of fused-ring (bicyclic) bond motifs is 1. The Kier molecular flexibility index (Phi) is 7.48. The summed E-state index contributed by atoms with van der Waals surface area (Å²) in [6.45, 7) is 3.70. The van der Waals surface area contributed by atoms with Crippen LogP contribution in [0.15, 0.2) is 29.1 Å². The molecule has 7 heteroatoms. The summed E-state index contributed by atoms with van der Waals surface area (Å²) in [5, 5.41) is 7.12. The fourth-order valence-electron chi connectivity index (χ4n) is 2.82. The second-order valence-corrected chi connectivity index (χ2v) is 5.78. The Bertz CT molecular complexity index is 707. The van der Waals surface area contributed by atoms with Crippen LogP contribution in [0.2, 0.25) is 0 Å². The molecule has 2 atom stereocenters. The van der Waals surface area contributed by atoms with Crippen LogP contribution in [-0.4, -0.2) is 30.3 Å². The zero-order valence-electron chi connectivity index (χ0n) is 12.9. The van der Waals surface area contributed by atoms with E-state index >= 15 is 0 Å². The van der Waals surface area contributed by atoms with Crippen molar-refractivity contribution in [3.05, 3.63) is 45.7 Å². The molecule has 1 aromatic heterocycles. The number of pyridine rings is 1. The molecule has 0 unspecified atom stereocenters. The average Bonchev–Trinajstić information content (AvgIpc) is 2.85. The van der Waals surface area contributed by atoms with E-state index in [1.165, 1.54) is 0 Å². The monoisotopic (exact) mass is 361 g/mol. The standard InChI is InChI=1S/C16H20FN3O.2ClH/c1-10-2-3-15-14(4-10)16(21)6-13(20-15)9-18-8-12-5-11(17)7-19-12;;/h2-4,6,11-12,18-19H,5,7-9H2,1H3,(H,20,21);2*1H/t11-,12-;;/m0../s1. The number of benzene rings is 1. The van der Waals surface area contributed by atoms with Gasteiger partial charge < -0.3 is 15.6 Å². The Hall–Kier alpha value is -1.14. The predicted octanol–water partition coefficient (Wildman–Crippen LogP) is 2.47. The molecule has 3 N–H and O–H groups in total. The number of hydrogen-bond acceptors (Lipinski definition) is 3. The fourth-order valence-corrected chi connectivity index (χ4v) is 2.82. The molecule has 0 bridgehead atoms. The van der Waals surface area contributed by atoms with Gasteiger partial charge in [-0.2, -0.15) is 0 Å². The van der Waals surface area contributed by atoms with Crippen molar-refractivity contribution < 1.29 is 4.39 Å². The van der Waals surface area contributed by atoms with Crippen LogP contribution in [0.3, 0.4) is 0 Å². The van der Waals surface area contributed by atoms with Gasteiger partial charge in [0.25, 0.3) is 0 Å². The minimum absolute atomic E-state index is 0. The number of nitrogens with one attached hydrogen (secondary N) is 3. The maximum atomic E-state index is 13.0. The van der Waals surface area contributed by atoms with Gasteiger partial charge in [0, 0.05) is 48.3 Å².